The highest BCUT2D eigenvalue weighted by Gasteiger charge is 2.14. The number of rotatable bonds is 4. The average Bonchev–Trinajstić information content (AvgIpc) is 2.88. The van der Waals surface area contributed by atoms with Gasteiger partial charge in [-0.15, -0.1) is 0 Å². The Hall–Kier alpha value is -2.82. The molecule has 24 heavy (non-hydrogen) atoms. The lowest BCUT2D eigenvalue weighted by atomic mass is 10.1. The maximum Gasteiger partial charge on any atom is 0.224 e. The third-order valence-corrected chi connectivity index (χ3v) is 4.15. The summed E-state index contributed by atoms with van der Waals surface area (Å²) in [5.74, 6) is 0.847. The van der Waals surface area contributed by atoms with Crippen molar-refractivity contribution >= 4 is 28.3 Å². The zero-order valence-electron chi connectivity index (χ0n) is 14.3. The highest BCUT2D eigenvalue weighted by Crippen LogP contribution is 2.31. The van der Waals surface area contributed by atoms with Crippen LogP contribution >= 0.6 is 0 Å². The molecule has 0 unspecified atom stereocenters. The van der Waals surface area contributed by atoms with Crippen molar-refractivity contribution < 1.29 is 4.79 Å². The van der Waals surface area contributed by atoms with Gasteiger partial charge in [0.1, 0.15) is 5.82 Å². The molecule has 1 heterocycles. The van der Waals surface area contributed by atoms with Crippen LogP contribution in [0.15, 0.2) is 36.4 Å². The van der Waals surface area contributed by atoms with Gasteiger partial charge in [0.2, 0.25) is 5.91 Å². The van der Waals surface area contributed by atoms with Gasteiger partial charge in [-0.25, -0.2) is 4.98 Å². The molecule has 0 aliphatic carbocycles. The Bertz CT molecular complexity index is 888. The largest absolute Gasteiger partial charge is 0.397 e. The molecule has 2 aromatic carbocycles. The number of nitrogens with one attached hydrogen (secondary N) is 1. The molecule has 0 atom stereocenters. The monoisotopic (exact) mass is 322 g/mol. The Morgan fingerprint density at radius 2 is 2.04 bits per heavy atom. The molecule has 0 radical (unpaired) electrons. The number of hydrogen-bond acceptors (Lipinski definition) is 3. The zero-order valence-corrected chi connectivity index (χ0v) is 14.3. The maximum absolute atomic E-state index is 11.9. The number of nitrogen functional groups attached to an aromatic ring is 1. The number of carbonyl (C=O) groups excluding carboxylic acids is 1. The van der Waals surface area contributed by atoms with Crippen molar-refractivity contribution in [2.45, 2.75) is 26.7 Å². The molecule has 0 fully saturated rings. The van der Waals surface area contributed by atoms with Crippen LogP contribution in [0, 0.1) is 6.92 Å². The Labute approximate surface area is 141 Å². The SMILES string of the molecule is CCCC(=O)Nc1c(C)cc(-c2nc3ccccc3n2C)cc1N. The third-order valence-electron chi connectivity index (χ3n) is 4.15. The van der Waals surface area contributed by atoms with E-state index >= 15 is 0 Å². The molecule has 0 saturated carbocycles. The van der Waals surface area contributed by atoms with Crippen LogP contribution in [0.25, 0.3) is 22.4 Å². The molecule has 124 valence electrons. The number of benzene rings is 2. The lowest BCUT2D eigenvalue weighted by Gasteiger charge is -2.13. The lowest BCUT2D eigenvalue weighted by Crippen LogP contribution is -2.13. The molecule has 0 aliphatic rings. The molecule has 0 aliphatic heterocycles. The van der Waals surface area contributed by atoms with Crippen LogP contribution in [0.4, 0.5) is 11.4 Å². The Morgan fingerprint density at radius 1 is 1.29 bits per heavy atom. The van der Waals surface area contributed by atoms with Crippen molar-refractivity contribution in [2.75, 3.05) is 11.1 Å². The Morgan fingerprint density at radius 3 is 2.71 bits per heavy atom. The molecule has 1 amide bonds. The zero-order chi connectivity index (χ0) is 17.3. The highest BCUT2D eigenvalue weighted by atomic mass is 16.1. The second-order valence-corrected chi connectivity index (χ2v) is 6.04. The van der Waals surface area contributed by atoms with Crippen LogP contribution in [0.1, 0.15) is 25.3 Å². The van der Waals surface area contributed by atoms with E-state index < -0.39 is 0 Å². The number of amides is 1. The van der Waals surface area contributed by atoms with Crippen LogP contribution in [0.5, 0.6) is 0 Å². The van der Waals surface area contributed by atoms with Crippen molar-refractivity contribution in [3.63, 3.8) is 0 Å². The van der Waals surface area contributed by atoms with E-state index in [9.17, 15) is 4.79 Å². The molecule has 0 saturated heterocycles. The van der Waals surface area contributed by atoms with E-state index in [1.165, 1.54) is 0 Å². The third kappa shape index (κ3) is 2.85. The van der Waals surface area contributed by atoms with Gasteiger partial charge < -0.3 is 15.6 Å². The second kappa shape index (κ2) is 6.35. The lowest BCUT2D eigenvalue weighted by molar-refractivity contribution is -0.116. The topological polar surface area (TPSA) is 72.9 Å². The quantitative estimate of drug-likeness (QED) is 0.716. The minimum atomic E-state index is -0.0113. The Balaban J connectivity index is 2.03. The number of aromatic nitrogens is 2. The highest BCUT2D eigenvalue weighted by molar-refractivity contribution is 5.96. The van der Waals surface area contributed by atoms with Crippen LogP contribution in [-0.2, 0) is 11.8 Å². The fourth-order valence-electron chi connectivity index (χ4n) is 2.95. The van der Waals surface area contributed by atoms with E-state index in [0.717, 1.165) is 34.4 Å². The predicted molar refractivity (Wildman–Crippen MR) is 98.8 cm³/mol. The van der Waals surface area contributed by atoms with Crippen LogP contribution in [0.3, 0.4) is 0 Å². The van der Waals surface area contributed by atoms with Gasteiger partial charge in [-0.2, -0.15) is 0 Å². The summed E-state index contributed by atoms with van der Waals surface area (Å²) >= 11 is 0. The van der Waals surface area contributed by atoms with Crippen LogP contribution < -0.4 is 11.1 Å². The van der Waals surface area contributed by atoms with Gasteiger partial charge in [0, 0.05) is 19.0 Å². The molecule has 0 spiro atoms. The summed E-state index contributed by atoms with van der Waals surface area (Å²) in [4.78, 5) is 16.6. The van der Waals surface area contributed by atoms with E-state index in [2.05, 4.69) is 9.88 Å². The minimum Gasteiger partial charge on any atom is -0.397 e. The number of fused-ring (bicyclic) bond motifs is 1. The first-order valence-corrected chi connectivity index (χ1v) is 8.13. The van der Waals surface area contributed by atoms with Gasteiger partial charge in [0.05, 0.1) is 22.4 Å². The molecular formula is C19H22N4O. The van der Waals surface area contributed by atoms with Crippen LogP contribution in [0.2, 0.25) is 0 Å². The van der Waals surface area contributed by atoms with Gasteiger partial charge >= 0.3 is 0 Å². The van der Waals surface area contributed by atoms with E-state index in [4.69, 9.17) is 10.7 Å². The molecular weight excluding hydrogens is 300 g/mol. The smallest absolute Gasteiger partial charge is 0.224 e. The normalized spacial score (nSPS) is 11.0. The van der Waals surface area contributed by atoms with Gasteiger partial charge in [-0.1, -0.05) is 19.1 Å². The van der Waals surface area contributed by atoms with E-state index in [1.54, 1.807) is 0 Å². The average molecular weight is 322 g/mol. The number of imidazole rings is 1. The summed E-state index contributed by atoms with van der Waals surface area (Å²) in [6, 6.07) is 11.9. The fraction of sp³-hybridized carbons (Fsp3) is 0.263. The standard InChI is InChI=1S/C19H22N4O/c1-4-7-17(24)22-18-12(2)10-13(11-14(18)20)19-21-15-8-5-6-9-16(15)23(19)3/h5-6,8-11H,4,7,20H2,1-3H3,(H,22,24). The molecule has 1 aromatic heterocycles. The number of hydrogen-bond donors (Lipinski definition) is 2. The van der Waals surface area contributed by atoms with Crippen molar-refractivity contribution in [2.24, 2.45) is 7.05 Å². The van der Waals surface area contributed by atoms with E-state index in [-0.39, 0.29) is 5.91 Å². The number of anilines is 2. The first-order valence-electron chi connectivity index (χ1n) is 8.13. The molecule has 5 heteroatoms. The maximum atomic E-state index is 11.9. The summed E-state index contributed by atoms with van der Waals surface area (Å²) in [6.45, 7) is 3.93. The second-order valence-electron chi connectivity index (χ2n) is 6.04. The van der Waals surface area contributed by atoms with Gasteiger partial charge in [-0.05, 0) is 43.2 Å². The number of nitrogens with two attached hydrogens (primary N) is 1. The molecule has 0 bridgehead atoms. The van der Waals surface area contributed by atoms with Crippen molar-refractivity contribution in [3.05, 3.63) is 42.0 Å². The predicted octanol–water partition coefficient (Wildman–Crippen LogP) is 3.87. The van der Waals surface area contributed by atoms with E-state index in [1.807, 2.05) is 57.3 Å². The molecule has 3 rings (SSSR count). The summed E-state index contributed by atoms with van der Waals surface area (Å²) in [7, 11) is 1.99. The van der Waals surface area contributed by atoms with Crippen molar-refractivity contribution in [3.8, 4) is 11.4 Å². The summed E-state index contributed by atoms with van der Waals surface area (Å²) < 4.78 is 2.05. The molecule has 5 nitrogen and oxygen atoms in total. The summed E-state index contributed by atoms with van der Waals surface area (Å²) in [5.41, 5.74) is 11.3. The van der Waals surface area contributed by atoms with Gasteiger partial charge in [-0.3, -0.25) is 4.79 Å². The molecule has 3 aromatic rings. The minimum absolute atomic E-state index is 0.0113. The molecule has 3 N–H and O–H groups in total. The summed E-state index contributed by atoms with van der Waals surface area (Å²) in [6.07, 6.45) is 1.30. The number of aryl methyl sites for hydroxylation is 2. The fourth-order valence-corrected chi connectivity index (χ4v) is 2.95. The van der Waals surface area contributed by atoms with Crippen molar-refractivity contribution in [1.82, 2.24) is 9.55 Å². The Kier molecular flexibility index (Phi) is 4.25. The van der Waals surface area contributed by atoms with Gasteiger partial charge in [0.15, 0.2) is 0 Å². The first-order chi connectivity index (χ1) is 11.5. The van der Waals surface area contributed by atoms with Crippen LogP contribution in [-0.4, -0.2) is 15.5 Å². The first kappa shape index (κ1) is 16.1. The van der Waals surface area contributed by atoms with Crippen molar-refractivity contribution in [1.29, 1.82) is 0 Å². The number of para-hydroxylation sites is 2. The number of nitrogens with zero attached hydrogens (tertiary/aromatic N) is 2. The summed E-state index contributed by atoms with van der Waals surface area (Å²) in [5, 5.41) is 2.91. The van der Waals surface area contributed by atoms with E-state index in [0.29, 0.717) is 17.8 Å². The number of carbonyl (C=O) groups is 1. The van der Waals surface area contributed by atoms with Gasteiger partial charge in [0.25, 0.3) is 0 Å².